The van der Waals surface area contributed by atoms with Crippen molar-refractivity contribution >= 4 is 28.5 Å². The van der Waals surface area contributed by atoms with Gasteiger partial charge in [-0.2, -0.15) is 0 Å². The van der Waals surface area contributed by atoms with Crippen molar-refractivity contribution in [2.75, 3.05) is 6.61 Å². The van der Waals surface area contributed by atoms with Gasteiger partial charge in [0.2, 0.25) is 11.2 Å². The number of halogens is 1. The summed E-state index contributed by atoms with van der Waals surface area (Å²) in [4.78, 5) is 23.4. The fourth-order valence-electron chi connectivity index (χ4n) is 2.34. The number of carbonyl (C=O) groups excluding carboxylic acids is 1. The molecular weight excluding hydrogens is 332 g/mol. The first-order valence-electron chi connectivity index (χ1n) is 7.12. The quantitative estimate of drug-likeness (QED) is 0.727. The van der Waals surface area contributed by atoms with Crippen molar-refractivity contribution in [2.45, 2.75) is 6.92 Å². The molecule has 5 nitrogen and oxygen atoms in total. The number of carbonyl (C=O) groups is 1. The van der Waals surface area contributed by atoms with Crippen LogP contribution in [0.15, 0.2) is 51.7 Å². The van der Waals surface area contributed by atoms with Crippen molar-refractivity contribution in [3.63, 3.8) is 0 Å². The zero-order valence-electron chi connectivity index (χ0n) is 12.7. The molecule has 0 saturated carbocycles. The Kier molecular flexibility index (Phi) is 4.27. The smallest absolute Gasteiger partial charge is 0.235 e. The second-order valence-electron chi connectivity index (χ2n) is 5.26. The lowest BCUT2D eigenvalue weighted by Gasteiger charge is -2.12. The van der Waals surface area contributed by atoms with Gasteiger partial charge in [0, 0.05) is 10.6 Å². The van der Waals surface area contributed by atoms with E-state index in [-0.39, 0.29) is 11.5 Å². The number of aliphatic carboxylic acids is 1. The molecule has 122 valence electrons. The molecule has 0 saturated heterocycles. The third-order valence-corrected chi connectivity index (χ3v) is 3.70. The zero-order valence-corrected chi connectivity index (χ0v) is 13.4. The Balaban J connectivity index is 2.27. The van der Waals surface area contributed by atoms with E-state index in [0.29, 0.717) is 21.6 Å². The first kappa shape index (κ1) is 16.1. The van der Waals surface area contributed by atoms with Gasteiger partial charge in [-0.3, -0.25) is 4.79 Å². The van der Waals surface area contributed by atoms with E-state index in [1.807, 2.05) is 6.92 Å². The second kappa shape index (κ2) is 6.37. The maximum absolute atomic E-state index is 12.7. The van der Waals surface area contributed by atoms with E-state index < -0.39 is 18.0 Å². The van der Waals surface area contributed by atoms with E-state index in [0.717, 1.165) is 5.56 Å². The Labute approximate surface area is 142 Å². The number of carboxylic acid groups (broad SMARTS) is 1. The van der Waals surface area contributed by atoms with Crippen LogP contribution in [0.3, 0.4) is 0 Å². The standard InChI is InChI=1S/C18H13ClO5/c1-10-2-7-13-14(8-10)24-17(11-3-5-12(19)6-4-11)18(16(13)22)23-9-15(20)21/h2-8H,9H2,1H3,(H,20,21)/p-1. The lowest BCUT2D eigenvalue weighted by molar-refractivity contribution is -0.307. The van der Waals surface area contributed by atoms with Crippen LogP contribution in [0.2, 0.25) is 5.02 Å². The maximum atomic E-state index is 12.7. The van der Waals surface area contributed by atoms with E-state index in [1.165, 1.54) is 0 Å². The average Bonchev–Trinajstić information content (AvgIpc) is 2.54. The lowest BCUT2D eigenvalue weighted by atomic mass is 10.1. The fraction of sp³-hybridized carbons (Fsp3) is 0.111. The van der Waals surface area contributed by atoms with Gasteiger partial charge in [0.05, 0.1) is 11.4 Å². The highest BCUT2D eigenvalue weighted by Crippen LogP contribution is 2.31. The molecule has 0 N–H and O–H groups in total. The SMILES string of the molecule is Cc1ccc2c(=O)c(OCC(=O)[O-])c(-c3ccc(Cl)cc3)oc2c1. The second-order valence-corrected chi connectivity index (χ2v) is 5.69. The van der Waals surface area contributed by atoms with Crippen LogP contribution in [0.4, 0.5) is 0 Å². The van der Waals surface area contributed by atoms with E-state index in [4.69, 9.17) is 20.8 Å². The lowest BCUT2D eigenvalue weighted by Crippen LogP contribution is -2.30. The number of ether oxygens (including phenoxy) is 1. The highest BCUT2D eigenvalue weighted by atomic mass is 35.5. The number of hydrogen-bond acceptors (Lipinski definition) is 5. The van der Waals surface area contributed by atoms with Crippen LogP contribution >= 0.6 is 11.6 Å². The number of benzene rings is 2. The molecule has 0 aliphatic rings. The van der Waals surface area contributed by atoms with E-state index in [2.05, 4.69) is 0 Å². The van der Waals surface area contributed by atoms with Crippen molar-refractivity contribution in [1.29, 1.82) is 0 Å². The summed E-state index contributed by atoms with van der Waals surface area (Å²) in [5.41, 5.74) is 1.43. The maximum Gasteiger partial charge on any atom is 0.235 e. The van der Waals surface area contributed by atoms with Gasteiger partial charge < -0.3 is 19.1 Å². The van der Waals surface area contributed by atoms with E-state index in [1.54, 1.807) is 42.5 Å². The van der Waals surface area contributed by atoms with Gasteiger partial charge in [-0.1, -0.05) is 17.7 Å². The Morgan fingerprint density at radius 1 is 1.21 bits per heavy atom. The fourth-order valence-corrected chi connectivity index (χ4v) is 2.46. The van der Waals surface area contributed by atoms with Gasteiger partial charge in [0.25, 0.3) is 0 Å². The van der Waals surface area contributed by atoms with Gasteiger partial charge in [-0.15, -0.1) is 0 Å². The molecule has 0 aliphatic carbocycles. The highest BCUT2D eigenvalue weighted by Gasteiger charge is 2.18. The molecule has 2 aromatic carbocycles. The number of rotatable bonds is 4. The Bertz CT molecular complexity index is 973. The minimum absolute atomic E-state index is 0.149. The molecule has 0 amide bonds. The Hall–Kier alpha value is -2.79. The molecule has 24 heavy (non-hydrogen) atoms. The van der Waals surface area contributed by atoms with Crippen LogP contribution < -0.4 is 15.3 Å². The molecule has 1 aromatic heterocycles. The van der Waals surface area contributed by atoms with Gasteiger partial charge in [0.1, 0.15) is 12.2 Å². The molecule has 3 aromatic rings. The van der Waals surface area contributed by atoms with Gasteiger partial charge >= 0.3 is 0 Å². The molecule has 0 bridgehead atoms. The first-order valence-corrected chi connectivity index (χ1v) is 7.49. The molecule has 3 rings (SSSR count). The Morgan fingerprint density at radius 3 is 2.58 bits per heavy atom. The Morgan fingerprint density at radius 2 is 1.92 bits per heavy atom. The van der Waals surface area contributed by atoms with Gasteiger partial charge in [-0.05, 0) is 48.9 Å². The predicted molar refractivity (Wildman–Crippen MR) is 88.2 cm³/mol. The monoisotopic (exact) mass is 343 g/mol. The number of carboxylic acids is 1. The van der Waals surface area contributed by atoms with Crippen molar-refractivity contribution in [3.8, 4) is 17.1 Å². The topological polar surface area (TPSA) is 79.6 Å². The van der Waals surface area contributed by atoms with Crippen LogP contribution in [0, 0.1) is 6.92 Å². The van der Waals surface area contributed by atoms with E-state index in [9.17, 15) is 14.7 Å². The summed E-state index contributed by atoms with van der Waals surface area (Å²) in [6.07, 6.45) is 0. The van der Waals surface area contributed by atoms with Gasteiger partial charge in [0.15, 0.2) is 5.76 Å². The van der Waals surface area contributed by atoms with Crippen molar-refractivity contribution in [2.24, 2.45) is 0 Å². The average molecular weight is 344 g/mol. The van der Waals surface area contributed by atoms with Crippen LogP contribution in [0.5, 0.6) is 5.75 Å². The molecular formula is C18H12ClO5-. The number of hydrogen-bond donors (Lipinski definition) is 0. The first-order chi connectivity index (χ1) is 11.5. The predicted octanol–water partition coefficient (Wildman–Crippen LogP) is 2.55. The number of aryl methyl sites for hydroxylation is 1. The van der Waals surface area contributed by atoms with Crippen LogP contribution in [0.1, 0.15) is 5.56 Å². The molecule has 0 aliphatic heterocycles. The summed E-state index contributed by atoms with van der Waals surface area (Å²) in [7, 11) is 0. The van der Waals surface area contributed by atoms with Crippen LogP contribution in [-0.4, -0.2) is 12.6 Å². The largest absolute Gasteiger partial charge is 0.546 e. The van der Waals surface area contributed by atoms with Crippen LogP contribution in [0.25, 0.3) is 22.3 Å². The summed E-state index contributed by atoms with van der Waals surface area (Å²) in [5, 5.41) is 11.5. The summed E-state index contributed by atoms with van der Waals surface area (Å²) >= 11 is 5.88. The van der Waals surface area contributed by atoms with Crippen molar-refractivity contribution in [1.82, 2.24) is 0 Å². The van der Waals surface area contributed by atoms with Gasteiger partial charge in [-0.25, -0.2) is 0 Å². The normalized spacial score (nSPS) is 10.8. The molecule has 0 radical (unpaired) electrons. The number of fused-ring (bicyclic) bond motifs is 1. The molecule has 6 heteroatoms. The van der Waals surface area contributed by atoms with Crippen molar-refractivity contribution < 1.29 is 19.1 Å². The minimum atomic E-state index is -1.43. The third kappa shape index (κ3) is 3.12. The summed E-state index contributed by atoms with van der Waals surface area (Å²) in [6.45, 7) is 1.13. The molecule has 1 heterocycles. The molecule has 0 unspecified atom stereocenters. The minimum Gasteiger partial charge on any atom is -0.546 e. The molecule has 0 fully saturated rings. The third-order valence-electron chi connectivity index (χ3n) is 3.45. The summed E-state index contributed by atoms with van der Waals surface area (Å²) in [6, 6.07) is 11.7. The van der Waals surface area contributed by atoms with Crippen LogP contribution in [-0.2, 0) is 4.79 Å². The summed E-state index contributed by atoms with van der Waals surface area (Å²) in [5.74, 6) is -1.45. The van der Waals surface area contributed by atoms with Crippen molar-refractivity contribution in [3.05, 3.63) is 63.3 Å². The molecule has 0 atom stereocenters. The van der Waals surface area contributed by atoms with E-state index >= 15 is 0 Å². The zero-order chi connectivity index (χ0) is 17.3. The highest BCUT2D eigenvalue weighted by molar-refractivity contribution is 6.30. The summed E-state index contributed by atoms with van der Waals surface area (Å²) < 4.78 is 11.0. The molecule has 0 spiro atoms.